The smallest absolute Gasteiger partial charge is 0.248 e. The van der Waals surface area contributed by atoms with E-state index in [1.165, 1.54) is 6.92 Å². The number of benzene rings is 1. The number of nitrogens with one attached hydrogen (secondary N) is 2. The predicted octanol–water partition coefficient (Wildman–Crippen LogP) is 2.98. The predicted molar refractivity (Wildman–Crippen MR) is 140 cm³/mol. The Balaban J connectivity index is 1.15. The number of hydrogen-bond donors (Lipinski definition) is 2. The molecule has 10 heteroatoms. The van der Waals surface area contributed by atoms with E-state index in [2.05, 4.69) is 20.4 Å². The van der Waals surface area contributed by atoms with E-state index in [0.717, 1.165) is 30.9 Å². The summed E-state index contributed by atoms with van der Waals surface area (Å²) in [5.41, 5.74) is 1.40. The van der Waals surface area contributed by atoms with Crippen LogP contribution >= 0.6 is 0 Å². The molecule has 1 aliphatic carbocycles. The summed E-state index contributed by atoms with van der Waals surface area (Å²) < 4.78 is 27.3. The lowest BCUT2D eigenvalue weighted by Gasteiger charge is -2.41. The van der Waals surface area contributed by atoms with E-state index >= 15 is 0 Å². The molecule has 1 aromatic rings. The topological polar surface area (TPSA) is 85.0 Å². The van der Waals surface area contributed by atoms with Gasteiger partial charge in [-0.2, -0.15) is 0 Å². The Morgan fingerprint density at radius 2 is 1.74 bits per heavy atom. The largest absolute Gasteiger partial charge is 0.348 e. The van der Waals surface area contributed by atoms with Crippen LogP contribution in [0.1, 0.15) is 63.9 Å². The zero-order valence-electron chi connectivity index (χ0n) is 22.3. The Kier molecular flexibility index (Phi) is 7.48. The van der Waals surface area contributed by atoms with E-state index < -0.39 is 17.5 Å². The van der Waals surface area contributed by atoms with Crippen LogP contribution in [0.4, 0.5) is 14.5 Å². The van der Waals surface area contributed by atoms with Crippen molar-refractivity contribution in [1.29, 1.82) is 0 Å². The summed E-state index contributed by atoms with van der Waals surface area (Å²) in [6.07, 6.45) is 3.00. The van der Waals surface area contributed by atoms with Crippen molar-refractivity contribution < 1.29 is 23.2 Å². The van der Waals surface area contributed by atoms with Gasteiger partial charge in [0.25, 0.3) is 0 Å². The van der Waals surface area contributed by atoms with Gasteiger partial charge in [0.2, 0.25) is 23.6 Å². The average Bonchev–Trinajstić information content (AvgIpc) is 3.29. The molecule has 3 amide bonds. The lowest BCUT2D eigenvalue weighted by molar-refractivity contribution is -0.135. The SMILES string of the molecule is CC(=O)Nc1ccc(CN2CCC3(CC2)CC(=O)N2C[C@@H](N(C)C4CCC(F)(F)CC4)C[C@H]2C(=O)N3)cc1. The van der Waals surface area contributed by atoms with Gasteiger partial charge in [-0.15, -0.1) is 0 Å². The molecule has 1 spiro atoms. The number of nitrogens with zero attached hydrogens (tertiary/aromatic N) is 3. The minimum absolute atomic E-state index is 0.0133. The molecule has 5 rings (SSSR count). The molecule has 38 heavy (non-hydrogen) atoms. The van der Waals surface area contributed by atoms with Crippen LogP contribution in [0.5, 0.6) is 0 Å². The fraction of sp³-hybridized carbons (Fsp3) is 0.679. The molecule has 1 aromatic carbocycles. The summed E-state index contributed by atoms with van der Waals surface area (Å²) in [5.74, 6) is -2.73. The van der Waals surface area contributed by atoms with Crippen molar-refractivity contribution >= 4 is 23.4 Å². The molecule has 1 saturated carbocycles. The van der Waals surface area contributed by atoms with E-state index in [0.29, 0.717) is 45.1 Å². The summed E-state index contributed by atoms with van der Waals surface area (Å²) in [6.45, 7) is 4.30. The fourth-order valence-corrected chi connectivity index (χ4v) is 6.74. The van der Waals surface area contributed by atoms with E-state index in [1.807, 2.05) is 31.3 Å². The minimum Gasteiger partial charge on any atom is -0.348 e. The van der Waals surface area contributed by atoms with Crippen LogP contribution in [0.2, 0.25) is 0 Å². The van der Waals surface area contributed by atoms with Gasteiger partial charge < -0.3 is 15.5 Å². The average molecular weight is 532 g/mol. The summed E-state index contributed by atoms with van der Waals surface area (Å²) in [7, 11) is 1.96. The normalized spacial score (nSPS) is 27.8. The monoisotopic (exact) mass is 531 g/mol. The lowest BCUT2D eigenvalue weighted by Crippen LogP contribution is -2.56. The Labute approximate surface area is 223 Å². The molecule has 208 valence electrons. The first-order valence-corrected chi connectivity index (χ1v) is 13.8. The zero-order chi connectivity index (χ0) is 27.1. The Hall–Kier alpha value is -2.59. The van der Waals surface area contributed by atoms with E-state index in [-0.39, 0.29) is 42.6 Å². The van der Waals surface area contributed by atoms with Crippen LogP contribution in [0.25, 0.3) is 0 Å². The van der Waals surface area contributed by atoms with Crippen LogP contribution in [-0.4, -0.2) is 88.7 Å². The standard InChI is InChI=1S/C28H39F2N5O3/c1-19(36)31-21-5-3-20(4-6-21)17-34-13-11-27(12-14-34)16-25(37)35-18-23(15-24(35)26(38)32-27)33(2)22-7-9-28(29,30)10-8-22/h3-6,22-24H,7-18H2,1-2H3,(H,31,36)(H,32,38)/t23-,24-/m0/s1. The molecular weight excluding hydrogens is 492 g/mol. The molecule has 3 heterocycles. The van der Waals surface area contributed by atoms with E-state index in [4.69, 9.17) is 0 Å². The first kappa shape index (κ1) is 27.0. The van der Waals surface area contributed by atoms with Crippen LogP contribution in [0.15, 0.2) is 24.3 Å². The lowest BCUT2D eigenvalue weighted by atomic mass is 9.83. The van der Waals surface area contributed by atoms with E-state index in [9.17, 15) is 23.2 Å². The number of anilines is 1. The molecule has 4 aliphatic rings. The molecule has 2 N–H and O–H groups in total. The molecule has 0 unspecified atom stereocenters. The number of likely N-dealkylation sites (N-methyl/N-ethyl adjacent to an activating group) is 1. The number of likely N-dealkylation sites (tertiary alicyclic amines) is 1. The third kappa shape index (κ3) is 5.86. The van der Waals surface area contributed by atoms with Crippen molar-refractivity contribution in [3.8, 4) is 0 Å². The molecule has 0 aromatic heterocycles. The number of alkyl halides is 2. The molecule has 3 aliphatic heterocycles. The maximum atomic E-state index is 13.6. The van der Waals surface area contributed by atoms with Crippen molar-refractivity contribution in [2.45, 2.75) is 94.4 Å². The number of amides is 3. The second-order valence-corrected chi connectivity index (χ2v) is 11.8. The second-order valence-electron chi connectivity index (χ2n) is 11.8. The fourth-order valence-electron chi connectivity index (χ4n) is 6.74. The molecule has 0 radical (unpaired) electrons. The molecule has 3 saturated heterocycles. The highest BCUT2D eigenvalue weighted by molar-refractivity contribution is 5.92. The number of carbonyl (C=O) groups is 3. The summed E-state index contributed by atoms with van der Waals surface area (Å²) in [4.78, 5) is 44.2. The van der Waals surface area contributed by atoms with Crippen molar-refractivity contribution in [2.75, 3.05) is 32.0 Å². The highest BCUT2D eigenvalue weighted by Gasteiger charge is 2.50. The molecule has 8 nitrogen and oxygen atoms in total. The zero-order valence-corrected chi connectivity index (χ0v) is 22.3. The molecule has 2 atom stereocenters. The van der Waals surface area contributed by atoms with Crippen molar-refractivity contribution in [1.82, 2.24) is 20.0 Å². The Bertz CT molecular complexity index is 1020. The van der Waals surface area contributed by atoms with Gasteiger partial charge in [-0.05, 0) is 56.8 Å². The first-order valence-electron chi connectivity index (χ1n) is 13.8. The second kappa shape index (κ2) is 10.5. The summed E-state index contributed by atoms with van der Waals surface area (Å²) >= 11 is 0. The number of carbonyl (C=O) groups excluding carboxylic acids is 3. The van der Waals surface area contributed by atoms with Crippen LogP contribution in [-0.2, 0) is 20.9 Å². The van der Waals surface area contributed by atoms with Gasteiger partial charge in [-0.3, -0.25) is 24.2 Å². The van der Waals surface area contributed by atoms with Gasteiger partial charge in [0, 0.05) is 63.7 Å². The van der Waals surface area contributed by atoms with Crippen LogP contribution in [0, 0.1) is 0 Å². The van der Waals surface area contributed by atoms with Crippen molar-refractivity contribution in [3.05, 3.63) is 29.8 Å². The maximum absolute atomic E-state index is 13.6. The van der Waals surface area contributed by atoms with Crippen molar-refractivity contribution in [3.63, 3.8) is 0 Å². The van der Waals surface area contributed by atoms with Gasteiger partial charge in [0.05, 0.1) is 12.0 Å². The quantitative estimate of drug-likeness (QED) is 0.611. The van der Waals surface area contributed by atoms with E-state index in [1.54, 1.807) is 4.90 Å². The molecule has 4 fully saturated rings. The number of fused-ring (bicyclic) bond motifs is 1. The van der Waals surface area contributed by atoms with Crippen LogP contribution < -0.4 is 10.6 Å². The highest BCUT2D eigenvalue weighted by Crippen LogP contribution is 2.38. The number of hydrogen-bond acceptors (Lipinski definition) is 5. The minimum atomic E-state index is -2.57. The van der Waals surface area contributed by atoms with Gasteiger partial charge in [-0.1, -0.05) is 12.1 Å². The first-order chi connectivity index (χ1) is 18.0. The number of rotatable bonds is 5. The third-order valence-corrected chi connectivity index (χ3v) is 9.11. The van der Waals surface area contributed by atoms with Gasteiger partial charge >= 0.3 is 0 Å². The van der Waals surface area contributed by atoms with Gasteiger partial charge in [0.1, 0.15) is 6.04 Å². The molecule has 0 bridgehead atoms. The number of piperidine rings is 1. The Morgan fingerprint density at radius 1 is 1.08 bits per heavy atom. The van der Waals surface area contributed by atoms with Crippen molar-refractivity contribution in [2.24, 2.45) is 0 Å². The highest BCUT2D eigenvalue weighted by atomic mass is 19.3. The maximum Gasteiger partial charge on any atom is 0.248 e. The van der Waals surface area contributed by atoms with Crippen LogP contribution in [0.3, 0.4) is 0 Å². The third-order valence-electron chi connectivity index (χ3n) is 9.11. The molecular formula is C28H39F2N5O3. The number of halogens is 2. The van der Waals surface area contributed by atoms with Gasteiger partial charge in [-0.25, -0.2) is 8.78 Å². The summed E-state index contributed by atoms with van der Waals surface area (Å²) in [6, 6.07) is 7.40. The van der Waals surface area contributed by atoms with Gasteiger partial charge in [0.15, 0.2) is 0 Å². The summed E-state index contributed by atoms with van der Waals surface area (Å²) in [5, 5.41) is 6.04. The Morgan fingerprint density at radius 3 is 2.37 bits per heavy atom.